The first kappa shape index (κ1) is 17.4. The Morgan fingerprint density at radius 2 is 1.59 bits per heavy atom. The first-order valence-corrected chi connectivity index (χ1v) is 9.12. The molecule has 5 heteroatoms. The smallest absolute Gasteiger partial charge is 0.266 e. The molecule has 0 bridgehead atoms. The Hall–Kier alpha value is -3.05. The Morgan fingerprint density at radius 3 is 2.33 bits per heavy atom. The predicted molar refractivity (Wildman–Crippen MR) is 110 cm³/mol. The van der Waals surface area contributed by atoms with Crippen LogP contribution in [0.3, 0.4) is 0 Å². The summed E-state index contributed by atoms with van der Waals surface area (Å²) in [5.41, 5.74) is 2.04. The highest BCUT2D eigenvalue weighted by molar-refractivity contribution is 9.10. The summed E-state index contributed by atoms with van der Waals surface area (Å²) in [5, 5.41) is 0.555. The molecule has 27 heavy (non-hydrogen) atoms. The molecule has 0 aliphatic heterocycles. The van der Waals surface area contributed by atoms with Crippen molar-refractivity contribution in [2.45, 2.75) is 0 Å². The van der Waals surface area contributed by atoms with Gasteiger partial charge in [0.05, 0.1) is 16.6 Å². The Balaban J connectivity index is 1.92. The highest BCUT2D eigenvalue weighted by Crippen LogP contribution is 2.18. The maximum Gasteiger partial charge on any atom is 0.266 e. The number of halogens is 2. The number of aromatic nitrogens is 2. The number of para-hydroxylation sites is 1. The first-order chi connectivity index (χ1) is 13.1. The third-order valence-electron chi connectivity index (χ3n) is 4.18. The van der Waals surface area contributed by atoms with E-state index in [4.69, 9.17) is 0 Å². The summed E-state index contributed by atoms with van der Waals surface area (Å²) < 4.78 is 15.6. The third kappa shape index (κ3) is 3.59. The minimum Gasteiger partial charge on any atom is -0.268 e. The molecule has 0 fully saturated rings. The zero-order valence-electron chi connectivity index (χ0n) is 14.1. The standard InChI is InChI=1S/C22H14BrFN2O/c23-16-8-12-18(13-9-16)26-21(14-7-15-5-10-17(24)11-6-15)25-20-4-2-1-3-19(20)22(26)27/h1-14H/b14-7+. The van der Waals surface area contributed by atoms with Crippen LogP contribution in [0.4, 0.5) is 4.39 Å². The summed E-state index contributed by atoms with van der Waals surface area (Å²) in [6.07, 6.45) is 3.58. The van der Waals surface area contributed by atoms with Gasteiger partial charge in [-0.15, -0.1) is 0 Å². The van der Waals surface area contributed by atoms with Crippen LogP contribution in [-0.4, -0.2) is 9.55 Å². The van der Waals surface area contributed by atoms with Gasteiger partial charge in [-0.3, -0.25) is 9.36 Å². The minimum absolute atomic E-state index is 0.137. The molecular formula is C22H14BrFN2O. The molecule has 132 valence electrons. The van der Waals surface area contributed by atoms with Crippen LogP contribution in [0.2, 0.25) is 0 Å². The highest BCUT2D eigenvalue weighted by Gasteiger charge is 2.10. The zero-order chi connectivity index (χ0) is 18.8. The van der Waals surface area contributed by atoms with Gasteiger partial charge in [0.1, 0.15) is 11.6 Å². The summed E-state index contributed by atoms with van der Waals surface area (Å²) in [6, 6.07) is 20.9. The number of rotatable bonds is 3. The summed E-state index contributed by atoms with van der Waals surface area (Å²) in [4.78, 5) is 17.8. The van der Waals surface area contributed by atoms with E-state index in [0.29, 0.717) is 16.7 Å². The average molecular weight is 421 g/mol. The second kappa shape index (κ2) is 7.29. The van der Waals surface area contributed by atoms with Crippen molar-refractivity contribution in [2.24, 2.45) is 0 Å². The van der Waals surface area contributed by atoms with Crippen LogP contribution in [0.1, 0.15) is 11.4 Å². The van der Waals surface area contributed by atoms with Crippen molar-refractivity contribution in [3.63, 3.8) is 0 Å². The van der Waals surface area contributed by atoms with Crippen molar-refractivity contribution in [2.75, 3.05) is 0 Å². The average Bonchev–Trinajstić information content (AvgIpc) is 2.69. The molecule has 4 rings (SSSR count). The molecule has 0 saturated heterocycles. The monoisotopic (exact) mass is 420 g/mol. The van der Waals surface area contributed by atoms with Crippen molar-refractivity contribution in [3.8, 4) is 5.69 Å². The molecule has 0 amide bonds. The molecule has 0 unspecified atom stereocenters. The maximum atomic E-state index is 13.1. The van der Waals surface area contributed by atoms with Gasteiger partial charge in [-0.05, 0) is 60.2 Å². The van der Waals surface area contributed by atoms with Crippen molar-refractivity contribution in [1.82, 2.24) is 9.55 Å². The lowest BCUT2D eigenvalue weighted by atomic mass is 10.2. The Bertz CT molecular complexity index is 1200. The molecule has 0 atom stereocenters. The molecule has 0 aliphatic carbocycles. The van der Waals surface area contributed by atoms with Gasteiger partial charge in [-0.1, -0.05) is 46.3 Å². The lowest BCUT2D eigenvalue weighted by molar-refractivity contribution is 0.628. The lowest BCUT2D eigenvalue weighted by Crippen LogP contribution is -2.22. The van der Waals surface area contributed by atoms with Crippen LogP contribution in [-0.2, 0) is 0 Å². The van der Waals surface area contributed by atoms with Crippen LogP contribution in [0.15, 0.2) is 82.1 Å². The van der Waals surface area contributed by atoms with Gasteiger partial charge >= 0.3 is 0 Å². The van der Waals surface area contributed by atoms with Gasteiger partial charge in [0, 0.05) is 4.47 Å². The molecule has 0 spiro atoms. The van der Waals surface area contributed by atoms with E-state index in [1.165, 1.54) is 12.1 Å². The van der Waals surface area contributed by atoms with Crippen molar-refractivity contribution in [1.29, 1.82) is 0 Å². The number of benzene rings is 3. The third-order valence-corrected chi connectivity index (χ3v) is 4.71. The topological polar surface area (TPSA) is 34.9 Å². The zero-order valence-corrected chi connectivity index (χ0v) is 15.7. The fourth-order valence-corrected chi connectivity index (χ4v) is 3.11. The number of fused-ring (bicyclic) bond motifs is 1. The summed E-state index contributed by atoms with van der Waals surface area (Å²) in [5.74, 6) is 0.216. The highest BCUT2D eigenvalue weighted by atomic mass is 79.9. The molecule has 1 heterocycles. The summed E-state index contributed by atoms with van der Waals surface area (Å²) in [6.45, 7) is 0. The van der Waals surface area contributed by atoms with Crippen LogP contribution in [0.25, 0.3) is 28.7 Å². The summed E-state index contributed by atoms with van der Waals surface area (Å²) >= 11 is 3.41. The quantitative estimate of drug-likeness (QED) is 0.441. The molecule has 0 radical (unpaired) electrons. The molecule has 0 N–H and O–H groups in total. The van der Waals surface area contributed by atoms with Gasteiger partial charge in [-0.25, -0.2) is 9.37 Å². The van der Waals surface area contributed by atoms with Gasteiger partial charge < -0.3 is 0 Å². The number of hydrogen-bond donors (Lipinski definition) is 0. The molecular weight excluding hydrogens is 407 g/mol. The van der Waals surface area contributed by atoms with Crippen molar-refractivity contribution >= 4 is 39.0 Å². The molecule has 0 aliphatic rings. The molecule has 1 aromatic heterocycles. The van der Waals surface area contributed by atoms with Crippen LogP contribution < -0.4 is 5.56 Å². The Morgan fingerprint density at radius 1 is 0.889 bits per heavy atom. The van der Waals surface area contributed by atoms with Crippen molar-refractivity contribution < 1.29 is 4.39 Å². The Labute approximate surface area is 163 Å². The summed E-state index contributed by atoms with van der Waals surface area (Å²) in [7, 11) is 0. The van der Waals surface area contributed by atoms with Crippen LogP contribution >= 0.6 is 15.9 Å². The predicted octanol–water partition coefficient (Wildman–Crippen LogP) is 5.46. The van der Waals surface area contributed by atoms with E-state index in [0.717, 1.165) is 15.7 Å². The van der Waals surface area contributed by atoms with E-state index in [2.05, 4.69) is 20.9 Å². The van der Waals surface area contributed by atoms with E-state index < -0.39 is 0 Å². The SMILES string of the molecule is O=c1c2ccccc2nc(/C=C/c2ccc(F)cc2)n1-c1ccc(Br)cc1. The first-order valence-electron chi connectivity index (χ1n) is 8.33. The fraction of sp³-hybridized carbons (Fsp3) is 0. The molecule has 4 aromatic rings. The molecule has 3 nitrogen and oxygen atoms in total. The number of hydrogen-bond acceptors (Lipinski definition) is 2. The van der Waals surface area contributed by atoms with Gasteiger partial charge in [0.25, 0.3) is 5.56 Å². The lowest BCUT2D eigenvalue weighted by Gasteiger charge is -2.11. The second-order valence-electron chi connectivity index (χ2n) is 5.99. The molecule has 0 saturated carbocycles. The van der Waals surface area contributed by atoms with Gasteiger partial charge in [-0.2, -0.15) is 0 Å². The molecule has 3 aromatic carbocycles. The van der Waals surface area contributed by atoms with Gasteiger partial charge in [0.2, 0.25) is 0 Å². The minimum atomic E-state index is -0.289. The van der Waals surface area contributed by atoms with E-state index in [1.807, 2.05) is 48.5 Å². The van der Waals surface area contributed by atoms with E-state index in [1.54, 1.807) is 28.8 Å². The number of nitrogens with zero attached hydrogens (tertiary/aromatic N) is 2. The Kier molecular flexibility index (Phi) is 4.69. The fourth-order valence-electron chi connectivity index (χ4n) is 2.85. The van der Waals surface area contributed by atoms with Crippen molar-refractivity contribution in [3.05, 3.63) is 105 Å². The second-order valence-corrected chi connectivity index (χ2v) is 6.90. The maximum absolute atomic E-state index is 13.1. The van der Waals surface area contributed by atoms with E-state index in [-0.39, 0.29) is 11.4 Å². The van der Waals surface area contributed by atoms with E-state index >= 15 is 0 Å². The van der Waals surface area contributed by atoms with E-state index in [9.17, 15) is 9.18 Å². The van der Waals surface area contributed by atoms with Crippen LogP contribution in [0.5, 0.6) is 0 Å². The largest absolute Gasteiger partial charge is 0.268 e. The van der Waals surface area contributed by atoms with Crippen LogP contribution in [0, 0.1) is 5.82 Å². The normalized spacial score (nSPS) is 11.3. The van der Waals surface area contributed by atoms with Gasteiger partial charge in [0.15, 0.2) is 0 Å².